The van der Waals surface area contributed by atoms with Gasteiger partial charge in [0.25, 0.3) is 0 Å². The first-order valence-electron chi connectivity index (χ1n) is 5.43. The Morgan fingerprint density at radius 3 is 2.72 bits per heavy atom. The van der Waals surface area contributed by atoms with Gasteiger partial charge in [-0.15, -0.1) is 0 Å². The number of phenols is 1. The lowest BCUT2D eigenvalue weighted by molar-refractivity contribution is -0.114. The van der Waals surface area contributed by atoms with E-state index in [2.05, 4.69) is 5.32 Å². The van der Waals surface area contributed by atoms with Crippen LogP contribution in [-0.2, 0) is 4.79 Å². The van der Waals surface area contributed by atoms with Gasteiger partial charge in [-0.3, -0.25) is 4.79 Å². The summed E-state index contributed by atoms with van der Waals surface area (Å²) < 4.78 is 0. The van der Waals surface area contributed by atoms with Crippen molar-refractivity contribution in [3.63, 3.8) is 0 Å². The molecule has 18 heavy (non-hydrogen) atoms. The van der Waals surface area contributed by atoms with Crippen LogP contribution >= 0.6 is 11.6 Å². The quantitative estimate of drug-likeness (QED) is 0.867. The van der Waals surface area contributed by atoms with Gasteiger partial charge in [-0.25, -0.2) is 0 Å². The molecule has 2 rings (SSSR count). The van der Waals surface area contributed by atoms with Crippen molar-refractivity contribution < 1.29 is 9.90 Å². The van der Waals surface area contributed by atoms with Gasteiger partial charge in [0.15, 0.2) is 0 Å². The Kier molecular flexibility index (Phi) is 3.53. The van der Waals surface area contributed by atoms with Crippen LogP contribution in [-0.4, -0.2) is 11.0 Å². The molecule has 1 amide bonds. The normalized spacial score (nSPS) is 10.1. The lowest BCUT2D eigenvalue weighted by atomic mass is 10.0. The molecule has 0 saturated carbocycles. The second kappa shape index (κ2) is 5.10. The van der Waals surface area contributed by atoms with Gasteiger partial charge < -0.3 is 10.4 Å². The van der Waals surface area contributed by atoms with E-state index in [4.69, 9.17) is 11.6 Å². The Balaban J connectivity index is 2.44. The fourth-order valence-corrected chi connectivity index (χ4v) is 1.88. The molecule has 0 bridgehead atoms. The zero-order chi connectivity index (χ0) is 13.1. The molecular formula is C14H12ClNO2. The number of nitrogens with one attached hydrogen (secondary N) is 1. The van der Waals surface area contributed by atoms with Crippen LogP contribution in [0.2, 0.25) is 5.02 Å². The van der Waals surface area contributed by atoms with Crippen LogP contribution in [0.15, 0.2) is 42.5 Å². The Morgan fingerprint density at radius 2 is 2.00 bits per heavy atom. The number of amides is 1. The number of hydrogen-bond acceptors (Lipinski definition) is 2. The van der Waals surface area contributed by atoms with Crippen molar-refractivity contribution in [3.8, 4) is 16.9 Å². The molecule has 0 atom stereocenters. The monoisotopic (exact) mass is 261 g/mol. The van der Waals surface area contributed by atoms with Gasteiger partial charge >= 0.3 is 0 Å². The van der Waals surface area contributed by atoms with Crippen molar-refractivity contribution in [3.05, 3.63) is 47.5 Å². The Morgan fingerprint density at radius 1 is 1.22 bits per heavy atom. The van der Waals surface area contributed by atoms with Crippen LogP contribution < -0.4 is 5.32 Å². The number of phenolic OH excluding ortho intramolecular Hbond substituents is 1. The third-order valence-electron chi connectivity index (χ3n) is 2.45. The van der Waals surface area contributed by atoms with E-state index >= 15 is 0 Å². The van der Waals surface area contributed by atoms with E-state index in [1.165, 1.54) is 6.92 Å². The molecule has 92 valence electrons. The minimum atomic E-state index is -0.137. The molecule has 0 fully saturated rings. The van der Waals surface area contributed by atoms with Crippen LogP contribution in [0.4, 0.5) is 5.69 Å². The largest absolute Gasteiger partial charge is 0.507 e. The third kappa shape index (κ3) is 2.81. The molecule has 0 radical (unpaired) electrons. The summed E-state index contributed by atoms with van der Waals surface area (Å²) in [5.41, 5.74) is 2.11. The summed E-state index contributed by atoms with van der Waals surface area (Å²) >= 11 is 5.91. The topological polar surface area (TPSA) is 49.3 Å². The fraction of sp³-hybridized carbons (Fsp3) is 0.0714. The van der Waals surface area contributed by atoms with Crippen molar-refractivity contribution in [2.45, 2.75) is 6.92 Å². The van der Waals surface area contributed by atoms with Crippen LogP contribution in [0.25, 0.3) is 11.1 Å². The molecule has 0 spiro atoms. The standard InChI is InChI=1S/C14H12ClNO2/c1-9(17)16-12-4-2-3-10(7-12)13-8-11(15)5-6-14(13)18/h2-8,18H,1H3,(H,16,17). The van der Waals surface area contributed by atoms with Gasteiger partial charge in [0.05, 0.1) is 0 Å². The maximum Gasteiger partial charge on any atom is 0.221 e. The average molecular weight is 262 g/mol. The highest BCUT2D eigenvalue weighted by Crippen LogP contribution is 2.32. The molecular weight excluding hydrogens is 250 g/mol. The number of benzene rings is 2. The Bertz CT molecular complexity index is 596. The van der Waals surface area contributed by atoms with E-state index in [9.17, 15) is 9.90 Å². The zero-order valence-electron chi connectivity index (χ0n) is 9.77. The number of rotatable bonds is 2. The fourth-order valence-electron chi connectivity index (χ4n) is 1.71. The average Bonchev–Trinajstić information content (AvgIpc) is 2.32. The molecule has 0 aliphatic carbocycles. The van der Waals surface area contributed by atoms with E-state index in [0.29, 0.717) is 16.3 Å². The summed E-state index contributed by atoms with van der Waals surface area (Å²) in [6, 6.07) is 12.1. The summed E-state index contributed by atoms with van der Waals surface area (Å²) in [6.07, 6.45) is 0. The van der Waals surface area contributed by atoms with Crippen molar-refractivity contribution >= 4 is 23.2 Å². The third-order valence-corrected chi connectivity index (χ3v) is 2.69. The SMILES string of the molecule is CC(=O)Nc1cccc(-c2cc(Cl)ccc2O)c1. The molecule has 0 unspecified atom stereocenters. The highest BCUT2D eigenvalue weighted by atomic mass is 35.5. The number of halogens is 1. The lowest BCUT2D eigenvalue weighted by Gasteiger charge is -2.08. The first-order valence-corrected chi connectivity index (χ1v) is 5.80. The molecule has 0 heterocycles. The maximum atomic E-state index is 11.0. The van der Waals surface area contributed by atoms with Gasteiger partial charge in [0.2, 0.25) is 5.91 Å². The van der Waals surface area contributed by atoms with E-state index in [1.54, 1.807) is 36.4 Å². The smallest absolute Gasteiger partial charge is 0.221 e. The highest BCUT2D eigenvalue weighted by molar-refractivity contribution is 6.31. The van der Waals surface area contributed by atoms with Gasteiger partial charge in [-0.1, -0.05) is 23.7 Å². The highest BCUT2D eigenvalue weighted by Gasteiger charge is 2.06. The summed E-state index contributed by atoms with van der Waals surface area (Å²) in [5, 5.41) is 13.1. The van der Waals surface area contributed by atoms with Crippen molar-refractivity contribution in [1.29, 1.82) is 0 Å². The minimum absolute atomic E-state index is 0.137. The first kappa shape index (κ1) is 12.5. The molecule has 2 aromatic rings. The van der Waals surface area contributed by atoms with Crippen LogP contribution in [0.3, 0.4) is 0 Å². The molecule has 0 saturated heterocycles. The Labute approximate surface area is 110 Å². The summed E-state index contributed by atoms with van der Waals surface area (Å²) in [6.45, 7) is 1.45. The first-order chi connectivity index (χ1) is 8.56. The Hall–Kier alpha value is -2.00. The predicted molar refractivity (Wildman–Crippen MR) is 72.9 cm³/mol. The van der Waals surface area contributed by atoms with Crippen LogP contribution in [0.5, 0.6) is 5.75 Å². The lowest BCUT2D eigenvalue weighted by Crippen LogP contribution is -2.05. The van der Waals surface area contributed by atoms with E-state index in [0.717, 1.165) is 5.56 Å². The van der Waals surface area contributed by atoms with E-state index < -0.39 is 0 Å². The molecule has 2 aromatic carbocycles. The minimum Gasteiger partial charge on any atom is -0.507 e. The second-order valence-electron chi connectivity index (χ2n) is 3.92. The van der Waals surface area contributed by atoms with E-state index in [-0.39, 0.29) is 11.7 Å². The van der Waals surface area contributed by atoms with Gasteiger partial charge in [0, 0.05) is 23.2 Å². The number of carbonyl (C=O) groups is 1. The number of hydrogen-bond donors (Lipinski definition) is 2. The number of anilines is 1. The van der Waals surface area contributed by atoms with Gasteiger partial charge in [0.1, 0.15) is 5.75 Å². The van der Waals surface area contributed by atoms with Crippen LogP contribution in [0, 0.1) is 0 Å². The van der Waals surface area contributed by atoms with Gasteiger partial charge in [-0.05, 0) is 35.9 Å². The molecule has 3 nitrogen and oxygen atoms in total. The zero-order valence-corrected chi connectivity index (χ0v) is 10.5. The second-order valence-corrected chi connectivity index (χ2v) is 4.36. The van der Waals surface area contributed by atoms with Crippen LogP contribution in [0.1, 0.15) is 6.92 Å². The number of aromatic hydroxyl groups is 1. The van der Waals surface area contributed by atoms with Crippen molar-refractivity contribution in [2.24, 2.45) is 0 Å². The summed E-state index contributed by atoms with van der Waals surface area (Å²) in [4.78, 5) is 11.0. The molecule has 0 aliphatic rings. The predicted octanol–water partition coefficient (Wildman–Crippen LogP) is 3.67. The number of carbonyl (C=O) groups excluding carboxylic acids is 1. The van der Waals surface area contributed by atoms with Gasteiger partial charge in [-0.2, -0.15) is 0 Å². The van der Waals surface area contributed by atoms with E-state index in [1.807, 2.05) is 6.07 Å². The molecule has 2 N–H and O–H groups in total. The van der Waals surface area contributed by atoms with Crippen molar-refractivity contribution in [1.82, 2.24) is 0 Å². The molecule has 0 aliphatic heterocycles. The summed E-state index contributed by atoms with van der Waals surface area (Å²) in [7, 11) is 0. The summed E-state index contributed by atoms with van der Waals surface area (Å²) in [5.74, 6) is 0.0156. The molecule has 0 aromatic heterocycles. The molecule has 4 heteroatoms. The van der Waals surface area contributed by atoms with Crippen molar-refractivity contribution in [2.75, 3.05) is 5.32 Å². The maximum absolute atomic E-state index is 11.0.